The highest BCUT2D eigenvalue weighted by Crippen LogP contribution is 2.06. The fourth-order valence-electron chi connectivity index (χ4n) is 0.635. The van der Waals surface area contributed by atoms with E-state index in [1.807, 2.05) is 6.92 Å². The molecule has 0 bridgehead atoms. The third-order valence-electron chi connectivity index (χ3n) is 1.32. The van der Waals surface area contributed by atoms with Crippen molar-refractivity contribution in [2.24, 2.45) is 0 Å². The number of hydrogen-bond donors (Lipinski definition) is 2. The second kappa shape index (κ2) is 2.19. The summed E-state index contributed by atoms with van der Waals surface area (Å²) in [5, 5.41) is 15.1. The summed E-state index contributed by atoms with van der Waals surface area (Å²) in [4.78, 5) is 0. The van der Waals surface area contributed by atoms with Crippen LogP contribution in [0.25, 0.3) is 0 Å². The van der Waals surface area contributed by atoms with Gasteiger partial charge in [-0.3, -0.25) is 5.10 Å². The maximum Gasteiger partial charge on any atom is 0.0850 e. The fraction of sp³-hybridized carbons (Fsp3) is 0.333. The maximum absolute atomic E-state index is 8.62. The van der Waals surface area contributed by atoms with E-state index < -0.39 is 0 Å². The van der Waals surface area contributed by atoms with Crippen LogP contribution in [-0.2, 0) is 6.61 Å². The molecule has 1 radical (unpaired) electrons. The standard InChI is InChI=1S/C6H9N2O/c1-4-5(2)7-8-6(4)3-9/h9H,1,3H2,2H3,(H,7,8). The average molecular weight is 125 g/mol. The van der Waals surface area contributed by atoms with Crippen molar-refractivity contribution in [3.8, 4) is 0 Å². The van der Waals surface area contributed by atoms with Crippen LogP contribution < -0.4 is 0 Å². The summed E-state index contributed by atoms with van der Waals surface area (Å²) in [7, 11) is 0. The normalized spacial score (nSPS) is 10.1. The van der Waals surface area contributed by atoms with Crippen molar-refractivity contribution < 1.29 is 5.11 Å². The monoisotopic (exact) mass is 125 g/mol. The van der Waals surface area contributed by atoms with Crippen molar-refractivity contribution in [1.29, 1.82) is 0 Å². The fourth-order valence-corrected chi connectivity index (χ4v) is 0.635. The Balaban J connectivity index is 3.04. The molecule has 0 aromatic carbocycles. The summed E-state index contributed by atoms with van der Waals surface area (Å²) < 4.78 is 0. The van der Waals surface area contributed by atoms with E-state index in [0.29, 0.717) is 5.69 Å². The number of aryl methyl sites for hydroxylation is 1. The number of aliphatic hydroxyl groups excluding tert-OH is 1. The Bertz CT molecular complexity index is 205. The predicted octanol–water partition coefficient (Wildman–Crippen LogP) is 0.393. The van der Waals surface area contributed by atoms with E-state index in [1.165, 1.54) is 0 Å². The average Bonchev–Trinajstić information content (AvgIpc) is 2.15. The molecule has 0 aliphatic rings. The lowest BCUT2D eigenvalue weighted by atomic mass is 10.2. The molecule has 3 heteroatoms. The minimum atomic E-state index is -0.0142. The first-order valence-electron chi connectivity index (χ1n) is 2.72. The third-order valence-corrected chi connectivity index (χ3v) is 1.32. The molecule has 0 spiro atoms. The topological polar surface area (TPSA) is 48.9 Å². The van der Waals surface area contributed by atoms with Crippen LogP contribution in [0, 0.1) is 13.8 Å². The lowest BCUT2D eigenvalue weighted by molar-refractivity contribution is 0.276. The second-order valence-electron chi connectivity index (χ2n) is 1.92. The Morgan fingerprint density at radius 2 is 2.44 bits per heavy atom. The van der Waals surface area contributed by atoms with Crippen LogP contribution in [0.5, 0.6) is 0 Å². The molecule has 0 saturated heterocycles. The van der Waals surface area contributed by atoms with Gasteiger partial charge in [0.1, 0.15) is 0 Å². The highest BCUT2D eigenvalue weighted by Gasteiger charge is 2.01. The number of hydrogen-bond acceptors (Lipinski definition) is 2. The highest BCUT2D eigenvalue weighted by molar-refractivity contribution is 5.26. The van der Waals surface area contributed by atoms with Crippen LogP contribution in [0.1, 0.15) is 17.0 Å². The van der Waals surface area contributed by atoms with E-state index in [1.54, 1.807) is 0 Å². The van der Waals surface area contributed by atoms with Gasteiger partial charge in [-0.15, -0.1) is 0 Å². The summed E-state index contributed by atoms with van der Waals surface area (Å²) in [5.41, 5.74) is 2.35. The summed E-state index contributed by atoms with van der Waals surface area (Å²) >= 11 is 0. The quantitative estimate of drug-likeness (QED) is 0.570. The Kier molecular flexibility index (Phi) is 1.53. The van der Waals surface area contributed by atoms with Crippen LogP contribution in [0.2, 0.25) is 0 Å². The van der Waals surface area contributed by atoms with Crippen molar-refractivity contribution in [1.82, 2.24) is 10.2 Å². The molecule has 0 atom stereocenters. The maximum atomic E-state index is 8.62. The summed E-state index contributed by atoms with van der Waals surface area (Å²) in [6.07, 6.45) is 0. The Hall–Kier alpha value is -0.830. The lowest BCUT2D eigenvalue weighted by Gasteiger charge is -1.88. The number of nitrogens with zero attached hydrogens (tertiary/aromatic N) is 1. The van der Waals surface area contributed by atoms with Gasteiger partial charge in [0.15, 0.2) is 0 Å². The molecule has 1 heterocycles. The molecule has 0 aliphatic carbocycles. The molecule has 0 saturated carbocycles. The number of aliphatic hydroxyl groups is 1. The number of aromatic amines is 1. The molecular weight excluding hydrogens is 116 g/mol. The van der Waals surface area contributed by atoms with E-state index in [4.69, 9.17) is 5.11 Å². The largest absolute Gasteiger partial charge is 0.390 e. The molecule has 1 aromatic heterocycles. The van der Waals surface area contributed by atoms with Gasteiger partial charge in [0.05, 0.1) is 18.0 Å². The van der Waals surface area contributed by atoms with Gasteiger partial charge in [-0.1, -0.05) is 0 Å². The summed E-state index contributed by atoms with van der Waals surface area (Å²) in [6, 6.07) is 0. The van der Waals surface area contributed by atoms with Crippen molar-refractivity contribution in [2.45, 2.75) is 13.5 Å². The predicted molar refractivity (Wildman–Crippen MR) is 33.7 cm³/mol. The minimum absolute atomic E-state index is 0.0142. The number of aromatic nitrogens is 2. The number of H-pyrrole nitrogens is 1. The van der Waals surface area contributed by atoms with Crippen molar-refractivity contribution in [3.63, 3.8) is 0 Å². The molecule has 49 valence electrons. The van der Waals surface area contributed by atoms with Gasteiger partial charge in [-0.05, 0) is 19.4 Å². The molecule has 0 amide bonds. The van der Waals surface area contributed by atoms with Crippen LogP contribution in [-0.4, -0.2) is 15.3 Å². The lowest BCUT2D eigenvalue weighted by Crippen LogP contribution is -1.84. The second-order valence-corrected chi connectivity index (χ2v) is 1.92. The number of rotatable bonds is 1. The van der Waals surface area contributed by atoms with Gasteiger partial charge in [0.2, 0.25) is 0 Å². The van der Waals surface area contributed by atoms with Gasteiger partial charge in [-0.2, -0.15) is 5.10 Å². The van der Waals surface area contributed by atoms with Gasteiger partial charge in [-0.25, -0.2) is 0 Å². The Morgan fingerprint density at radius 1 is 1.78 bits per heavy atom. The molecule has 0 fully saturated rings. The van der Waals surface area contributed by atoms with Crippen LogP contribution in [0.3, 0.4) is 0 Å². The first kappa shape index (κ1) is 6.29. The van der Waals surface area contributed by atoms with Crippen LogP contribution >= 0.6 is 0 Å². The van der Waals surface area contributed by atoms with Crippen molar-refractivity contribution in [3.05, 3.63) is 23.9 Å². The number of nitrogens with one attached hydrogen (secondary N) is 1. The molecule has 0 aliphatic heterocycles. The SMILES string of the molecule is [CH2]c1c(C)n[nH]c1CO. The van der Waals surface area contributed by atoms with Gasteiger partial charge in [0.25, 0.3) is 0 Å². The van der Waals surface area contributed by atoms with Crippen molar-refractivity contribution in [2.75, 3.05) is 0 Å². The third kappa shape index (κ3) is 0.954. The Morgan fingerprint density at radius 3 is 2.67 bits per heavy atom. The smallest absolute Gasteiger partial charge is 0.0850 e. The van der Waals surface area contributed by atoms with E-state index in [-0.39, 0.29) is 6.61 Å². The molecule has 2 N–H and O–H groups in total. The summed E-state index contributed by atoms with van der Waals surface area (Å²) in [5.74, 6) is 0. The highest BCUT2D eigenvalue weighted by atomic mass is 16.3. The van der Waals surface area contributed by atoms with E-state index in [0.717, 1.165) is 11.3 Å². The van der Waals surface area contributed by atoms with Crippen LogP contribution in [0.4, 0.5) is 0 Å². The molecule has 1 aromatic rings. The zero-order valence-electron chi connectivity index (χ0n) is 5.31. The first-order valence-corrected chi connectivity index (χ1v) is 2.72. The molecular formula is C6H9N2O. The van der Waals surface area contributed by atoms with E-state index in [2.05, 4.69) is 17.1 Å². The van der Waals surface area contributed by atoms with Gasteiger partial charge in [0, 0.05) is 0 Å². The van der Waals surface area contributed by atoms with Crippen molar-refractivity contribution >= 4 is 0 Å². The molecule has 1 rings (SSSR count). The first-order chi connectivity index (χ1) is 4.25. The van der Waals surface area contributed by atoms with E-state index in [9.17, 15) is 0 Å². The Labute approximate surface area is 53.7 Å². The summed E-state index contributed by atoms with van der Waals surface area (Å²) in [6.45, 7) is 5.53. The minimum Gasteiger partial charge on any atom is -0.390 e. The molecule has 3 nitrogen and oxygen atoms in total. The van der Waals surface area contributed by atoms with E-state index >= 15 is 0 Å². The van der Waals surface area contributed by atoms with Gasteiger partial charge < -0.3 is 5.11 Å². The molecule has 9 heavy (non-hydrogen) atoms. The molecule has 0 unspecified atom stereocenters. The van der Waals surface area contributed by atoms with Gasteiger partial charge >= 0.3 is 0 Å². The zero-order chi connectivity index (χ0) is 6.85. The zero-order valence-corrected chi connectivity index (χ0v) is 5.31. The van der Waals surface area contributed by atoms with Crippen LogP contribution in [0.15, 0.2) is 0 Å².